The summed E-state index contributed by atoms with van der Waals surface area (Å²) in [6, 6.07) is 19.0. The van der Waals surface area contributed by atoms with Crippen molar-refractivity contribution >= 4 is 79.9 Å². The number of urea groups is 2. The van der Waals surface area contributed by atoms with Crippen LogP contribution in [-0.2, 0) is 6.54 Å². The maximum absolute atomic E-state index is 17.0. The molecule has 4 heterocycles. The van der Waals surface area contributed by atoms with Crippen LogP contribution < -0.4 is 42.4 Å². The number of halogens is 5. The number of aryl methyl sites for hydroxylation is 1. The summed E-state index contributed by atoms with van der Waals surface area (Å²) < 4.78 is 66.8. The van der Waals surface area contributed by atoms with Crippen molar-refractivity contribution in [3.05, 3.63) is 165 Å². The number of hydrogen-bond acceptors (Lipinski definition) is 8. The smallest absolute Gasteiger partial charge is 0.346 e. The number of aromatic nitrogens is 4. The van der Waals surface area contributed by atoms with Gasteiger partial charge < -0.3 is 30.4 Å². The number of anilines is 6. The van der Waals surface area contributed by atoms with E-state index in [1.54, 1.807) is 77.5 Å². The minimum atomic E-state index is -1.51. The molecule has 0 saturated heterocycles. The quantitative estimate of drug-likeness (QED) is 0.0779. The molecule has 19 heteroatoms. The van der Waals surface area contributed by atoms with Gasteiger partial charge in [0.05, 0.1) is 21.7 Å². The average Bonchev–Trinajstić information content (AvgIpc) is 3.32. The number of rotatable bonds is 10. The molecule has 0 aliphatic heterocycles. The van der Waals surface area contributed by atoms with E-state index >= 15 is 13.2 Å². The maximum atomic E-state index is 17.0. The van der Waals surface area contributed by atoms with E-state index in [4.69, 9.17) is 11.6 Å². The zero-order chi connectivity index (χ0) is 48.6. The van der Waals surface area contributed by atoms with Gasteiger partial charge in [0.1, 0.15) is 28.8 Å². The second-order valence-electron chi connectivity index (χ2n) is 15.6. The fraction of sp³-hybridized carbons (Fsp3) is 0.143. The molecule has 0 unspecified atom stereocenters. The van der Waals surface area contributed by atoms with Gasteiger partial charge in [-0.1, -0.05) is 41.9 Å². The Kier molecular flexibility index (Phi) is 12.9. The summed E-state index contributed by atoms with van der Waals surface area (Å²) in [5, 5.41) is 12.2. The van der Waals surface area contributed by atoms with Crippen molar-refractivity contribution < 1.29 is 27.2 Å². The Hall–Kier alpha value is -8.25. The number of carbonyl (C=O) groups excluding carboxylic acids is 2. The molecular formula is C49H41ClF4N10O4. The van der Waals surface area contributed by atoms with Gasteiger partial charge in [0, 0.05) is 84.4 Å². The Labute approximate surface area is 390 Å². The fourth-order valence-corrected chi connectivity index (χ4v) is 8.09. The van der Waals surface area contributed by atoms with Crippen LogP contribution in [0.15, 0.2) is 125 Å². The van der Waals surface area contributed by atoms with E-state index in [1.165, 1.54) is 39.6 Å². The van der Waals surface area contributed by atoms with Crippen LogP contribution in [0.4, 0.5) is 61.5 Å². The van der Waals surface area contributed by atoms with Crippen molar-refractivity contribution in [3.63, 3.8) is 0 Å². The summed E-state index contributed by atoms with van der Waals surface area (Å²) in [6.45, 7) is 5.51. The van der Waals surface area contributed by atoms with Crippen LogP contribution in [-0.4, -0.2) is 45.3 Å². The fourth-order valence-electron chi connectivity index (χ4n) is 7.83. The van der Waals surface area contributed by atoms with Crippen molar-refractivity contribution in [2.45, 2.75) is 33.4 Å². The molecule has 14 nitrogen and oxygen atoms in total. The molecule has 4 aromatic heterocycles. The lowest BCUT2D eigenvalue weighted by atomic mass is 10.0. The number of benzene rings is 4. The molecule has 346 valence electrons. The van der Waals surface area contributed by atoms with Crippen molar-refractivity contribution in [3.8, 4) is 22.3 Å². The highest BCUT2D eigenvalue weighted by Crippen LogP contribution is 2.38. The number of amides is 4. The second kappa shape index (κ2) is 18.9. The van der Waals surface area contributed by atoms with E-state index in [9.17, 15) is 23.6 Å². The number of hydrogen-bond donors (Lipinski definition) is 4. The topological polar surface area (TPSA) is 159 Å². The summed E-state index contributed by atoms with van der Waals surface area (Å²) in [4.78, 5) is 67.3. The number of carbonyl (C=O) groups is 2. The van der Waals surface area contributed by atoms with Crippen LogP contribution in [0.2, 0.25) is 5.02 Å². The average molecular weight is 945 g/mol. The highest BCUT2D eigenvalue weighted by atomic mass is 35.5. The zero-order valence-electron chi connectivity index (χ0n) is 37.0. The van der Waals surface area contributed by atoms with Gasteiger partial charge in [-0.15, -0.1) is 0 Å². The Morgan fingerprint density at radius 2 is 1.28 bits per heavy atom. The Morgan fingerprint density at radius 1 is 0.662 bits per heavy atom. The summed E-state index contributed by atoms with van der Waals surface area (Å²) in [5.41, 5.74) is -2.29. The monoisotopic (exact) mass is 944 g/mol. The van der Waals surface area contributed by atoms with E-state index in [0.29, 0.717) is 43.5 Å². The predicted molar refractivity (Wildman–Crippen MR) is 259 cm³/mol. The first-order chi connectivity index (χ1) is 32.6. The standard InChI is InChI=1S/C49H41ClF4N10O4/c1-6-61-39-22-43(55-4)57-24-28(39)18-33(46(61)65)32-20-42(37(53)21-34(32)50)64(49(68)60-38-14-10-13-36(52)45(38)54)63(48(67)59-30-11-8-7-9-12-30)41-19-27(15-16-35(41)51)31-17-29-25-58-44(56-5)23-40(29)62(26(2)3)47(31)66/h7-26H,6H2,1-5H3,(H,55,57)(H,56,58)(H,59,67)(H,60,68). The predicted octanol–water partition coefficient (Wildman–Crippen LogP) is 11.0. The Bertz CT molecular complexity index is 3420. The molecule has 0 atom stereocenters. The number of para-hydroxylation sites is 1. The van der Waals surface area contributed by atoms with Crippen LogP contribution in [0.3, 0.4) is 0 Å². The SMILES string of the molecule is CCn1c(=O)c(-c2cc(N(C(=O)Nc3cccc(F)c3F)N(C(=O)Nc3ccccc3)c3cc(-c4cc5cnc(NC)cc5n(C(C)C)c4=O)ccc3F)c(F)cc2Cl)cc2cnc(NC)cc21. The summed E-state index contributed by atoms with van der Waals surface area (Å²) in [5.74, 6) is -4.32. The van der Waals surface area contributed by atoms with Crippen LogP contribution >= 0.6 is 11.6 Å². The van der Waals surface area contributed by atoms with E-state index in [2.05, 4.69) is 31.2 Å². The van der Waals surface area contributed by atoms with E-state index in [1.807, 2.05) is 0 Å². The van der Waals surface area contributed by atoms with Crippen molar-refractivity contribution in [1.82, 2.24) is 19.1 Å². The summed E-state index contributed by atoms with van der Waals surface area (Å²) in [7, 11) is 3.34. The summed E-state index contributed by atoms with van der Waals surface area (Å²) >= 11 is 6.73. The number of nitrogens with zero attached hydrogens (tertiary/aromatic N) is 6. The van der Waals surface area contributed by atoms with E-state index < -0.39 is 63.5 Å². The first kappa shape index (κ1) is 46.3. The summed E-state index contributed by atoms with van der Waals surface area (Å²) in [6.07, 6.45) is 3.06. The molecule has 0 bridgehead atoms. The third-order valence-electron chi connectivity index (χ3n) is 11.1. The molecule has 0 radical (unpaired) electrons. The Balaban J connectivity index is 1.40. The molecule has 4 aromatic carbocycles. The van der Waals surface area contributed by atoms with Crippen molar-refractivity contribution in [1.29, 1.82) is 0 Å². The molecule has 4 amide bonds. The van der Waals surface area contributed by atoms with Gasteiger partial charge in [0.25, 0.3) is 11.1 Å². The highest BCUT2D eigenvalue weighted by Gasteiger charge is 2.36. The highest BCUT2D eigenvalue weighted by molar-refractivity contribution is 6.33. The van der Waals surface area contributed by atoms with Gasteiger partial charge in [0.15, 0.2) is 17.5 Å². The number of pyridine rings is 4. The van der Waals surface area contributed by atoms with Gasteiger partial charge in [-0.25, -0.2) is 37.1 Å². The minimum Gasteiger partial charge on any atom is -0.373 e. The Morgan fingerprint density at radius 3 is 1.93 bits per heavy atom. The van der Waals surface area contributed by atoms with E-state index in [0.717, 1.165) is 42.5 Å². The maximum Gasteiger partial charge on any atom is 0.346 e. The lowest BCUT2D eigenvalue weighted by molar-refractivity contribution is 0.248. The van der Waals surface area contributed by atoms with Gasteiger partial charge in [-0.2, -0.15) is 10.0 Å². The lowest BCUT2D eigenvalue weighted by Gasteiger charge is -2.35. The van der Waals surface area contributed by atoms with Gasteiger partial charge in [-0.05, 0) is 87.0 Å². The zero-order valence-corrected chi connectivity index (χ0v) is 37.7. The van der Waals surface area contributed by atoms with Crippen LogP contribution in [0, 0.1) is 23.3 Å². The first-order valence-corrected chi connectivity index (χ1v) is 21.5. The van der Waals surface area contributed by atoms with Gasteiger partial charge >= 0.3 is 12.1 Å². The molecule has 8 aromatic rings. The number of fused-ring (bicyclic) bond motifs is 2. The molecule has 0 saturated carbocycles. The third kappa shape index (κ3) is 8.64. The molecular weight excluding hydrogens is 904 g/mol. The molecule has 0 spiro atoms. The minimum absolute atomic E-state index is 0.0347. The van der Waals surface area contributed by atoms with Gasteiger partial charge in [0.2, 0.25) is 0 Å². The molecule has 0 aliphatic rings. The molecule has 8 rings (SSSR count). The van der Waals surface area contributed by atoms with E-state index in [-0.39, 0.29) is 45.6 Å². The lowest BCUT2D eigenvalue weighted by Crippen LogP contribution is -2.54. The molecule has 0 fully saturated rings. The number of nitrogens with one attached hydrogen (secondary N) is 4. The van der Waals surface area contributed by atoms with Crippen LogP contribution in [0.5, 0.6) is 0 Å². The van der Waals surface area contributed by atoms with Crippen LogP contribution in [0.25, 0.3) is 44.1 Å². The van der Waals surface area contributed by atoms with Crippen molar-refractivity contribution in [2.24, 2.45) is 0 Å². The first-order valence-electron chi connectivity index (χ1n) is 21.1. The molecule has 4 N–H and O–H groups in total. The molecule has 0 aliphatic carbocycles. The van der Waals surface area contributed by atoms with Gasteiger partial charge in [-0.3, -0.25) is 9.59 Å². The second-order valence-corrected chi connectivity index (χ2v) is 16.0. The molecule has 68 heavy (non-hydrogen) atoms. The normalized spacial score (nSPS) is 11.2. The van der Waals surface area contributed by atoms with Crippen molar-refractivity contribution in [2.75, 3.05) is 45.4 Å². The third-order valence-corrected chi connectivity index (χ3v) is 11.4. The van der Waals surface area contributed by atoms with Crippen LogP contribution in [0.1, 0.15) is 26.8 Å². The number of hydrazine groups is 1. The largest absolute Gasteiger partial charge is 0.373 e.